The van der Waals surface area contributed by atoms with Gasteiger partial charge in [-0.25, -0.2) is 0 Å². The second-order valence-corrected chi connectivity index (χ2v) is 4.44. The van der Waals surface area contributed by atoms with Gasteiger partial charge in [0.05, 0.1) is 6.10 Å². The van der Waals surface area contributed by atoms with E-state index in [0.29, 0.717) is 12.1 Å². The lowest BCUT2D eigenvalue weighted by molar-refractivity contribution is 0.0121. The van der Waals surface area contributed by atoms with Gasteiger partial charge < -0.3 is 14.9 Å². The van der Waals surface area contributed by atoms with Crippen molar-refractivity contribution >= 4 is 7.05 Å². The van der Waals surface area contributed by atoms with Crippen LogP contribution in [0.2, 0.25) is 6.82 Å². The summed E-state index contributed by atoms with van der Waals surface area (Å²) in [6.45, 7) is 1.84. The highest BCUT2D eigenvalue weighted by atomic mass is 16.3. The van der Waals surface area contributed by atoms with Gasteiger partial charge in [-0.2, -0.15) is 0 Å². The lowest BCUT2D eigenvalue weighted by Gasteiger charge is -2.48. The van der Waals surface area contributed by atoms with Crippen molar-refractivity contribution in [3.8, 4) is 0 Å². The van der Waals surface area contributed by atoms with Gasteiger partial charge in [-0.1, -0.05) is 6.42 Å². The van der Waals surface area contributed by atoms with E-state index < -0.39 is 0 Å². The molecule has 13 heavy (non-hydrogen) atoms. The summed E-state index contributed by atoms with van der Waals surface area (Å²) < 4.78 is 0. The molecule has 2 bridgehead atoms. The first-order chi connectivity index (χ1) is 6.18. The number of aliphatic hydroxyl groups excluding tert-OH is 1. The molecule has 0 aromatic rings. The van der Waals surface area contributed by atoms with E-state index in [1.165, 1.54) is 6.42 Å². The Morgan fingerprint density at radius 1 is 1.23 bits per heavy atom. The molecular weight excluding hydrogens is 165 g/mol. The van der Waals surface area contributed by atoms with Crippen molar-refractivity contribution < 1.29 is 10.1 Å². The number of hydrogen-bond donors (Lipinski definition) is 2. The summed E-state index contributed by atoms with van der Waals surface area (Å²) in [7, 11) is -0.345. The van der Waals surface area contributed by atoms with Crippen LogP contribution in [-0.2, 0) is 0 Å². The van der Waals surface area contributed by atoms with Crippen LogP contribution in [0.1, 0.15) is 32.1 Å². The standard InChI is InChI=1S/C9H18BNO2/c1-10(13)11-7-3-2-4-8(11)6-9(12)5-7/h7-9,12-13H,2-6H2,1H3/t7-,8?,9?/m0/s1. The molecule has 4 heteroatoms. The first-order valence-corrected chi connectivity index (χ1v) is 5.32. The van der Waals surface area contributed by atoms with Gasteiger partial charge in [0, 0.05) is 12.1 Å². The second-order valence-electron chi connectivity index (χ2n) is 4.44. The molecule has 3 atom stereocenters. The molecule has 0 aromatic heterocycles. The van der Waals surface area contributed by atoms with Gasteiger partial charge in [-0.3, -0.25) is 0 Å². The number of fused-ring (bicyclic) bond motifs is 2. The summed E-state index contributed by atoms with van der Waals surface area (Å²) in [5.41, 5.74) is 0. The maximum Gasteiger partial charge on any atom is 0.376 e. The van der Waals surface area contributed by atoms with E-state index in [0.717, 1.165) is 25.7 Å². The Morgan fingerprint density at radius 3 is 2.23 bits per heavy atom. The summed E-state index contributed by atoms with van der Waals surface area (Å²) in [5.74, 6) is 0. The molecule has 2 aliphatic heterocycles. The molecule has 0 amide bonds. The van der Waals surface area contributed by atoms with Gasteiger partial charge in [0.25, 0.3) is 0 Å². The van der Waals surface area contributed by atoms with Crippen molar-refractivity contribution in [3.63, 3.8) is 0 Å². The van der Waals surface area contributed by atoms with E-state index in [1.54, 1.807) is 0 Å². The number of piperidine rings is 2. The van der Waals surface area contributed by atoms with Crippen LogP contribution in [0.3, 0.4) is 0 Å². The summed E-state index contributed by atoms with van der Waals surface area (Å²) in [5, 5.41) is 19.2. The van der Waals surface area contributed by atoms with Gasteiger partial charge in [0.1, 0.15) is 0 Å². The zero-order valence-corrected chi connectivity index (χ0v) is 8.19. The fraction of sp³-hybridized carbons (Fsp3) is 1.00. The second kappa shape index (κ2) is 3.60. The molecule has 2 rings (SSSR count). The molecule has 2 aliphatic rings. The molecule has 2 heterocycles. The summed E-state index contributed by atoms with van der Waals surface area (Å²) in [6.07, 6.45) is 5.09. The molecule has 74 valence electrons. The van der Waals surface area contributed by atoms with Gasteiger partial charge in [0.2, 0.25) is 0 Å². The van der Waals surface area contributed by atoms with E-state index in [4.69, 9.17) is 0 Å². The van der Waals surface area contributed by atoms with E-state index in [9.17, 15) is 10.1 Å². The van der Waals surface area contributed by atoms with Crippen molar-refractivity contribution in [3.05, 3.63) is 0 Å². The first-order valence-electron chi connectivity index (χ1n) is 5.32. The SMILES string of the molecule is CB(O)N1C2CCC[C@H]1CC(O)C2. The van der Waals surface area contributed by atoms with Crippen LogP contribution in [-0.4, -0.2) is 40.2 Å². The van der Waals surface area contributed by atoms with Crippen molar-refractivity contribution in [2.45, 2.75) is 57.1 Å². The Bertz CT molecular complexity index is 174. The molecule has 0 radical (unpaired) electrons. The Hall–Kier alpha value is -0.0551. The van der Waals surface area contributed by atoms with Gasteiger partial charge in [0.15, 0.2) is 0 Å². The molecule has 2 unspecified atom stereocenters. The zero-order chi connectivity index (χ0) is 9.42. The fourth-order valence-electron chi connectivity index (χ4n) is 3.00. The van der Waals surface area contributed by atoms with Crippen LogP contribution in [0.4, 0.5) is 0 Å². The third-order valence-electron chi connectivity index (χ3n) is 3.44. The predicted molar refractivity (Wildman–Crippen MR) is 52.3 cm³/mol. The van der Waals surface area contributed by atoms with E-state index in [-0.39, 0.29) is 13.2 Å². The number of nitrogens with zero attached hydrogens (tertiary/aromatic N) is 1. The van der Waals surface area contributed by atoms with Crippen molar-refractivity contribution in [1.82, 2.24) is 4.81 Å². The zero-order valence-electron chi connectivity index (χ0n) is 8.19. The van der Waals surface area contributed by atoms with Crippen LogP contribution >= 0.6 is 0 Å². The third kappa shape index (κ3) is 1.76. The van der Waals surface area contributed by atoms with Crippen molar-refractivity contribution in [2.24, 2.45) is 0 Å². The highest BCUT2D eigenvalue weighted by Crippen LogP contribution is 2.34. The smallest absolute Gasteiger partial charge is 0.376 e. The Balaban J connectivity index is 2.10. The van der Waals surface area contributed by atoms with Crippen LogP contribution < -0.4 is 0 Å². The van der Waals surface area contributed by atoms with Gasteiger partial charge in [-0.15, -0.1) is 0 Å². The largest absolute Gasteiger partial charge is 0.437 e. The third-order valence-corrected chi connectivity index (χ3v) is 3.44. The predicted octanol–water partition coefficient (Wildman–Crippen LogP) is 0.475. The molecule has 3 nitrogen and oxygen atoms in total. The first kappa shape index (κ1) is 9.50. The average Bonchev–Trinajstić information content (AvgIpc) is 2.01. The number of hydrogen-bond acceptors (Lipinski definition) is 3. The minimum Gasteiger partial charge on any atom is -0.437 e. The highest BCUT2D eigenvalue weighted by Gasteiger charge is 2.40. The minimum atomic E-state index is -0.345. The lowest BCUT2D eigenvalue weighted by Crippen LogP contribution is -2.58. The molecular formula is C9H18BNO2. The molecule has 0 saturated carbocycles. The Kier molecular flexibility index (Phi) is 2.63. The normalized spacial score (nSPS) is 40.4. The van der Waals surface area contributed by atoms with Crippen LogP contribution in [0.5, 0.6) is 0 Å². The monoisotopic (exact) mass is 183 g/mol. The molecule has 2 saturated heterocycles. The van der Waals surface area contributed by atoms with Crippen LogP contribution in [0, 0.1) is 0 Å². The topological polar surface area (TPSA) is 43.7 Å². The summed E-state index contributed by atoms with van der Waals surface area (Å²) in [4.78, 5) is 2.19. The van der Waals surface area contributed by atoms with Crippen molar-refractivity contribution in [1.29, 1.82) is 0 Å². The number of rotatable bonds is 1. The van der Waals surface area contributed by atoms with E-state index in [1.807, 2.05) is 6.82 Å². The van der Waals surface area contributed by atoms with Crippen LogP contribution in [0.25, 0.3) is 0 Å². The lowest BCUT2D eigenvalue weighted by atomic mass is 9.71. The molecule has 0 spiro atoms. The number of aliphatic hydroxyl groups is 1. The highest BCUT2D eigenvalue weighted by molar-refractivity contribution is 6.45. The molecule has 0 aliphatic carbocycles. The molecule has 2 fully saturated rings. The van der Waals surface area contributed by atoms with E-state index in [2.05, 4.69) is 4.81 Å². The maximum absolute atomic E-state index is 9.61. The molecule has 2 N–H and O–H groups in total. The Morgan fingerprint density at radius 2 is 1.77 bits per heavy atom. The average molecular weight is 183 g/mol. The summed E-state index contributed by atoms with van der Waals surface area (Å²) >= 11 is 0. The van der Waals surface area contributed by atoms with Crippen LogP contribution in [0.15, 0.2) is 0 Å². The summed E-state index contributed by atoms with van der Waals surface area (Å²) in [6, 6.07) is 0.838. The minimum absolute atomic E-state index is 0.134. The Labute approximate surface area is 79.9 Å². The van der Waals surface area contributed by atoms with Gasteiger partial charge in [-0.05, 0) is 32.5 Å². The molecule has 0 aromatic carbocycles. The van der Waals surface area contributed by atoms with E-state index >= 15 is 0 Å². The fourth-order valence-corrected chi connectivity index (χ4v) is 3.00. The van der Waals surface area contributed by atoms with Gasteiger partial charge >= 0.3 is 7.05 Å². The maximum atomic E-state index is 9.61. The quantitative estimate of drug-likeness (QED) is 0.581. The van der Waals surface area contributed by atoms with Crippen molar-refractivity contribution in [2.75, 3.05) is 0 Å².